The number of halogens is 1. The van der Waals surface area contributed by atoms with Crippen LogP contribution in [0.4, 0.5) is 4.39 Å². The highest BCUT2D eigenvalue weighted by Gasteiger charge is 2.13. The van der Waals surface area contributed by atoms with Gasteiger partial charge in [-0.3, -0.25) is 4.79 Å². The Morgan fingerprint density at radius 1 is 1.62 bits per heavy atom. The molecule has 0 bridgehead atoms. The maximum atomic E-state index is 12.6. The van der Waals surface area contributed by atoms with Gasteiger partial charge in [0.25, 0.3) is 0 Å². The normalized spacial score (nSPS) is 9.31. The summed E-state index contributed by atoms with van der Waals surface area (Å²) >= 11 is 0. The van der Waals surface area contributed by atoms with Crippen molar-refractivity contribution in [2.75, 3.05) is 0 Å². The molecule has 13 heavy (non-hydrogen) atoms. The van der Waals surface area contributed by atoms with Crippen LogP contribution < -0.4 is 0 Å². The zero-order valence-electron chi connectivity index (χ0n) is 6.84. The van der Waals surface area contributed by atoms with Crippen LogP contribution in [0.5, 0.6) is 5.75 Å². The van der Waals surface area contributed by atoms with Crippen molar-refractivity contribution in [3.05, 3.63) is 29.1 Å². The number of benzene rings is 1. The lowest BCUT2D eigenvalue weighted by Gasteiger charge is -2.02. The van der Waals surface area contributed by atoms with Gasteiger partial charge in [-0.05, 0) is 13.0 Å². The summed E-state index contributed by atoms with van der Waals surface area (Å²) in [6.45, 7) is 1.20. The van der Waals surface area contributed by atoms with Gasteiger partial charge in [0, 0.05) is 6.07 Å². The number of carbonyl (C=O) groups excluding carboxylic acids is 1. The molecule has 0 atom stereocenters. The fourth-order valence-corrected chi connectivity index (χ4v) is 1.05. The predicted molar refractivity (Wildman–Crippen MR) is 42.8 cm³/mol. The van der Waals surface area contributed by atoms with E-state index in [1.165, 1.54) is 6.92 Å². The van der Waals surface area contributed by atoms with Gasteiger partial charge in [0.1, 0.15) is 17.6 Å². The van der Waals surface area contributed by atoms with Crippen LogP contribution in [0.1, 0.15) is 22.8 Å². The Labute approximate surface area is 74.0 Å². The van der Waals surface area contributed by atoms with Gasteiger partial charge < -0.3 is 5.11 Å². The van der Waals surface area contributed by atoms with Crippen molar-refractivity contribution in [2.45, 2.75) is 6.92 Å². The zero-order chi connectivity index (χ0) is 10.0. The van der Waals surface area contributed by atoms with Crippen LogP contribution in [0.2, 0.25) is 0 Å². The molecule has 1 aromatic rings. The maximum absolute atomic E-state index is 12.6. The van der Waals surface area contributed by atoms with E-state index in [9.17, 15) is 9.18 Å². The molecule has 66 valence electrons. The molecule has 1 aromatic carbocycles. The number of nitrogens with zero attached hydrogens (tertiary/aromatic N) is 1. The smallest absolute Gasteiger partial charge is 0.164 e. The van der Waals surface area contributed by atoms with Crippen LogP contribution in [-0.2, 0) is 0 Å². The van der Waals surface area contributed by atoms with Crippen LogP contribution in [0.15, 0.2) is 12.1 Å². The van der Waals surface area contributed by atoms with Gasteiger partial charge in [0.2, 0.25) is 0 Å². The quantitative estimate of drug-likeness (QED) is 0.666. The number of phenols is 1. The molecule has 0 radical (unpaired) electrons. The number of aromatic hydroxyl groups is 1. The van der Waals surface area contributed by atoms with Crippen LogP contribution in [-0.4, -0.2) is 10.9 Å². The molecule has 0 aliphatic carbocycles. The topological polar surface area (TPSA) is 61.1 Å². The molecule has 0 amide bonds. The van der Waals surface area contributed by atoms with E-state index in [4.69, 9.17) is 10.4 Å². The third-order valence-electron chi connectivity index (χ3n) is 1.55. The highest BCUT2D eigenvalue weighted by molar-refractivity contribution is 5.99. The van der Waals surface area contributed by atoms with Crippen molar-refractivity contribution in [2.24, 2.45) is 0 Å². The fourth-order valence-electron chi connectivity index (χ4n) is 1.05. The van der Waals surface area contributed by atoms with Gasteiger partial charge in [-0.2, -0.15) is 5.26 Å². The molecule has 1 N–H and O–H groups in total. The molecule has 0 saturated heterocycles. The molecular formula is C9H6FNO2. The first kappa shape index (κ1) is 9.20. The van der Waals surface area contributed by atoms with E-state index in [-0.39, 0.29) is 11.1 Å². The summed E-state index contributed by atoms with van der Waals surface area (Å²) in [5.74, 6) is -1.70. The number of nitriles is 1. The van der Waals surface area contributed by atoms with Crippen LogP contribution in [0.25, 0.3) is 0 Å². The minimum atomic E-state index is -0.737. The summed E-state index contributed by atoms with van der Waals surface area (Å²) in [7, 11) is 0. The second-order valence-corrected chi connectivity index (χ2v) is 2.52. The summed E-state index contributed by atoms with van der Waals surface area (Å²) in [5.41, 5.74) is -0.283. The van der Waals surface area contributed by atoms with Crippen LogP contribution in [0, 0.1) is 17.1 Å². The number of carbonyl (C=O) groups is 1. The van der Waals surface area contributed by atoms with E-state index in [2.05, 4.69) is 0 Å². The van der Waals surface area contributed by atoms with Crippen molar-refractivity contribution >= 4 is 5.78 Å². The molecular weight excluding hydrogens is 173 g/mol. The minimum absolute atomic E-state index is 0.135. The number of hydrogen-bond donors (Lipinski definition) is 1. The average molecular weight is 179 g/mol. The Kier molecular flexibility index (Phi) is 2.29. The molecule has 0 aliphatic rings. The summed E-state index contributed by atoms with van der Waals surface area (Å²) in [5, 5.41) is 17.7. The van der Waals surface area contributed by atoms with E-state index >= 15 is 0 Å². The van der Waals surface area contributed by atoms with Crippen molar-refractivity contribution in [3.63, 3.8) is 0 Å². The van der Waals surface area contributed by atoms with Gasteiger partial charge in [-0.15, -0.1) is 0 Å². The summed E-state index contributed by atoms with van der Waals surface area (Å²) < 4.78 is 12.6. The second-order valence-electron chi connectivity index (χ2n) is 2.52. The molecule has 4 heteroatoms. The third kappa shape index (κ3) is 1.64. The van der Waals surface area contributed by atoms with E-state index in [1.54, 1.807) is 6.07 Å². The van der Waals surface area contributed by atoms with E-state index in [0.717, 1.165) is 12.1 Å². The molecule has 0 unspecified atom stereocenters. The number of Topliss-reactive ketones (excluding diaryl/α,β-unsaturated/α-hetero) is 1. The minimum Gasteiger partial charge on any atom is -0.507 e. The standard InChI is InChI=1S/C9H6FNO2/c1-5(12)9-6(4-11)2-7(10)3-8(9)13/h2-3,13H,1H3. The van der Waals surface area contributed by atoms with Gasteiger partial charge in [0.05, 0.1) is 11.1 Å². The predicted octanol–water partition coefficient (Wildman–Crippen LogP) is 1.61. The lowest BCUT2D eigenvalue weighted by molar-refractivity contribution is 0.101. The average Bonchev–Trinajstić information content (AvgIpc) is 2.01. The number of rotatable bonds is 1. The van der Waals surface area contributed by atoms with Crippen molar-refractivity contribution in [3.8, 4) is 11.8 Å². The van der Waals surface area contributed by atoms with Gasteiger partial charge in [-0.25, -0.2) is 4.39 Å². The first-order chi connectivity index (χ1) is 6.06. The molecule has 3 nitrogen and oxygen atoms in total. The van der Waals surface area contributed by atoms with Crippen molar-refractivity contribution in [1.82, 2.24) is 0 Å². The number of phenolic OH excluding ortho intramolecular Hbond substituents is 1. The SMILES string of the molecule is CC(=O)c1c(O)cc(F)cc1C#N. The highest BCUT2D eigenvalue weighted by Crippen LogP contribution is 2.22. The number of ketones is 1. The van der Waals surface area contributed by atoms with E-state index in [1.807, 2.05) is 0 Å². The van der Waals surface area contributed by atoms with Crippen LogP contribution in [0.3, 0.4) is 0 Å². The molecule has 1 rings (SSSR count). The Bertz CT molecular complexity index is 407. The lowest BCUT2D eigenvalue weighted by atomic mass is 10.0. The molecule has 0 saturated carbocycles. The first-order valence-corrected chi connectivity index (χ1v) is 3.50. The second kappa shape index (κ2) is 3.23. The summed E-state index contributed by atoms with van der Waals surface area (Å²) in [6, 6.07) is 3.35. The fraction of sp³-hybridized carbons (Fsp3) is 0.111. The lowest BCUT2D eigenvalue weighted by Crippen LogP contribution is -1.98. The Morgan fingerprint density at radius 2 is 2.23 bits per heavy atom. The number of hydrogen-bond acceptors (Lipinski definition) is 3. The Morgan fingerprint density at radius 3 is 2.69 bits per heavy atom. The van der Waals surface area contributed by atoms with Gasteiger partial charge in [0.15, 0.2) is 5.78 Å². The molecule has 0 heterocycles. The van der Waals surface area contributed by atoms with E-state index in [0.29, 0.717) is 0 Å². The molecule has 0 aromatic heterocycles. The van der Waals surface area contributed by atoms with Gasteiger partial charge in [-0.1, -0.05) is 0 Å². The van der Waals surface area contributed by atoms with Crippen LogP contribution >= 0.6 is 0 Å². The van der Waals surface area contributed by atoms with Crippen molar-refractivity contribution in [1.29, 1.82) is 5.26 Å². The highest BCUT2D eigenvalue weighted by atomic mass is 19.1. The van der Waals surface area contributed by atoms with E-state index < -0.39 is 17.3 Å². The van der Waals surface area contributed by atoms with Gasteiger partial charge >= 0.3 is 0 Å². The van der Waals surface area contributed by atoms with Crippen molar-refractivity contribution < 1.29 is 14.3 Å². The summed E-state index contributed by atoms with van der Waals surface area (Å²) in [4.78, 5) is 10.9. The zero-order valence-corrected chi connectivity index (χ0v) is 6.84. The monoisotopic (exact) mass is 179 g/mol. The Balaban J connectivity index is 3.50. The molecule has 0 fully saturated rings. The molecule has 0 aliphatic heterocycles. The largest absolute Gasteiger partial charge is 0.507 e. The first-order valence-electron chi connectivity index (χ1n) is 3.50. The third-order valence-corrected chi connectivity index (χ3v) is 1.55. The Hall–Kier alpha value is -1.89. The maximum Gasteiger partial charge on any atom is 0.164 e. The summed E-state index contributed by atoms with van der Waals surface area (Å²) in [6.07, 6.45) is 0. The molecule has 0 spiro atoms.